The van der Waals surface area contributed by atoms with E-state index < -0.39 is 11.7 Å². The number of aromatic amines is 1. The molecule has 10 heteroatoms. The van der Waals surface area contributed by atoms with Crippen LogP contribution < -0.4 is 11.1 Å². The van der Waals surface area contributed by atoms with Gasteiger partial charge in [-0.2, -0.15) is 18.3 Å². The second-order valence-electron chi connectivity index (χ2n) is 7.20. The molecule has 0 spiro atoms. The van der Waals surface area contributed by atoms with E-state index in [1.807, 2.05) is 13.0 Å². The van der Waals surface area contributed by atoms with Crippen LogP contribution in [-0.2, 0) is 10.9 Å². The topological polar surface area (TPSA) is 102 Å². The van der Waals surface area contributed by atoms with Crippen LogP contribution in [-0.4, -0.2) is 39.4 Å². The summed E-state index contributed by atoms with van der Waals surface area (Å²) >= 11 is 0. The number of aromatic nitrogens is 4. The Morgan fingerprint density at radius 2 is 1.83 bits per heavy atom. The van der Waals surface area contributed by atoms with Crippen molar-refractivity contribution in [2.24, 2.45) is 0 Å². The van der Waals surface area contributed by atoms with Gasteiger partial charge in [-0.15, -0.1) is 0 Å². The number of anilines is 2. The molecule has 7 nitrogen and oxygen atoms in total. The average molecular weight is 418 g/mol. The number of hydrogen-bond acceptors (Lipinski definition) is 6. The summed E-state index contributed by atoms with van der Waals surface area (Å²) in [5.41, 5.74) is 7.97. The van der Waals surface area contributed by atoms with Crippen molar-refractivity contribution in [3.05, 3.63) is 41.6 Å². The molecule has 0 saturated carbocycles. The highest BCUT2D eigenvalue weighted by Crippen LogP contribution is 2.35. The lowest BCUT2D eigenvalue weighted by Gasteiger charge is -2.25. The maximum Gasteiger partial charge on any atom is 0.416 e. The molecule has 1 aliphatic rings. The van der Waals surface area contributed by atoms with Crippen LogP contribution in [0.2, 0.25) is 0 Å². The molecule has 3 heterocycles. The van der Waals surface area contributed by atoms with Gasteiger partial charge in [0.05, 0.1) is 16.8 Å². The third-order valence-electron chi connectivity index (χ3n) is 4.93. The number of alkyl halides is 3. The Morgan fingerprint density at radius 3 is 2.43 bits per heavy atom. The monoisotopic (exact) mass is 418 g/mol. The number of aryl methyl sites for hydroxylation is 1. The zero-order chi connectivity index (χ0) is 21.3. The number of nitrogens with one attached hydrogen (secondary N) is 2. The van der Waals surface area contributed by atoms with Gasteiger partial charge < -0.3 is 15.8 Å². The van der Waals surface area contributed by atoms with Gasteiger partial charge in [-0.3, -0.25) is 5.10 Å². The predicted molar refractivity (Wildman–Crippen MR) is 107 cm³/mol. The number of nitrogen functional groups attached to an aromatic ring is 1. The summed E-state index contributed by atoms with van der Waals surface area (Å²) in [5, 5.41) is 10.5. The quantitative estimate of drug-likeness (QED) is 0.591. The summed E-state index contributed by atoms with van der Waals surface area (Å²) in [6.07, 6.45) is -2.80. The number of hydrogen-bond donors (Lipinski definition) is 3. The molecule has 0 bridgehead atoms. The van der Waals surface area contributed by atoms with Crippen molar-refractivity contribution in [1.29, 1.82) is 0 Å². The molecule has 2 aromatic heterocycles. The van der Waals surface area contributed by atoms with Gasteiger partial charge in [-0.25, -0.2) is 9.97 Å². The van der Waals surface area contributed by atoms with E-state index in [0.29, 0.717) is 35.9 Å². The summed E-state index contributed by atoms with van der Waals surface area (Å²) in [7, 11) is 0. The van der Waals surface area contributed by atoms with Gasteiger partial charge in [0, 0.05) is 30.5 Å². The molecule has 0 atom stereocenters. The van der Waals surface area contributed by atoms with Crippen molar-refractivity contribution >= 4 is 11.6 Å². The van der Waals surface area contributed by atoms with Crippen molar-refractivity contribution in [3.63, 3.8) is 0 Å². The van der Waals surface area contributed by atoms with Crippen molar-refractivity contribution in [2.45, 2.75) is 32.0 Å². The number of ether oxygens (including phenoxy) is 1. The predicted octanol–water partition coefficient (Wildman–Crippen LogP) is 4.03. The lowest BCUT2D eigenvalue weighted by Crippen LogP contribution is -2.28. The first kappa shape index (κ1) is 20.1. The summed E-state index contributed by atoms with van der Waals surface area (Å²) in [6.45, 7) is 3.15. The normalized spacial score (nSPS) is 15.3. The third-order valence-corrected chi connectivity index (χ3v) is 4.93. The van der Waals surface area contributed by atoms with E-state index in [2.05, 4.69) is 25.5 Å². The van der Waals surface area contributed by atoms with Crippen LogP contribution in [0, 0.1) is 6.92 Å². The molecule has 1 fully saturated rings. The Labute approximate surface area is 170 Å². The lowest BCUT2D eigenvalue weighted by atomic mass is 10.1. The summed E-state index contributed by atoms with van der Waals surface area (Å²) in [4.78, 5) is 8.94. The Bertz CT molecular complexity index is 1030. The van der Waals surface area contributed by atoms with Gasteiger partial charge >= 0.3 is 6.18 Å². The Morgan fingerprint density at radius 1 is 1.13 bits per heavy atom. The highest BCUT2D eigenvalue weighted by atomic mass is 19.4. The zero-order valence-electron chi connectivity index (χ0n) is 16.3. The average Bonchev–Trinajstić information content (AvgIpc) is 3.13. The maximum atomic E-state index is 12.9. The summed E-state index contributed by atoms with van der Waals surface area (Å²) in [6, 6.07) is 6.66. The van der Waals surface area contributed by atoms with Crippen LogP contribution in [0.25, 0.3) is 22.6 Å². The highest BCUT2D eigenvalue weighted by molar-refractivity contribution is 5.83. The smallest absolute Gasteiger partial charge is 0.383 e. The van der Waals surface area contributed by atoms with E-state index in [-0.39, 0.29) is 17.7 Å². The molecule has 0 aliphatic carbocycles. The number of nitrogens with zero attached hydrogens (tertiary/aromatic N) is 3. The van der Waals surface area contributed by atoms with E-state index >= 15 is 0 Å². The minimum absolute atomic E-state index is 0.132. The van der Waals surface area contributed by atoms with Crippen LogP contribution in [0.4, 0.5) is 24.8 Å². The molecule has 1 aliphatic heterocycles. The first-order valence-corrected chi connectivity index (χ1v) is 9.53. The van der Waals surface area contributed by atoms with Crippen molar-refractivity contribution < 1.29 is 17.9 Å². The lowest BCUT2D eigenvalue weighted by molar-refractivity contribution is -0.137. The maximum absolute atomic E-state index is 12.9. The van der Waals surface area contributed by atoms with Gasteiger partial charge in [0.2, 0.25) is 0 Å². The second-order valence-corrected chi connectivity index (χ2v) is 7.20. The molecule has 4 N–H and O–H groups in total. The van der Waals surface area contributed by atoms with E-state index in [1.165, 1.54) is 12.1 Å². The Kier molecular flexibility index (Phi) is 5.33. The Hall–Kier alpha value is -3.14. The molecule has 0 radical (unpaired) electrons. The van der Waals surface area contributed by atoms with Gasteiger partial charge in [0.25, 0.3) is 0 Å². The van der Waals surface area contributed by atoms with E-state index in [0.717, 1.165) is 30.7 Å². The van der Waals surface area contributed by atoms with Gasteiger partial charge in [0.15, 0.2) is 5.82 Å². The van der Waals surface area contributed by atoms with Crippen molar-refractivity contribution in [3.8, 4) is 22.6 Å². The summed E-state index contributed by atoms with van der Waals surface area (Å²) < 4.78 is 44.0. The summed E-state index contributed by atoms with van der Waals surface area (Å²) in [5.74, 6) is 0.934. The van der Waals surface area contributed by atoms with E-state index in [9.17, 15) is 13.2 Å². The number of benzene rings is 1. The molecule has 0 amide bonds. The van der Waals surface area contributed by atoms with Crippen LogP contribution in [0.1, 0.15) is 24.1 Å². The minimum atomic E-state index is -4.41. The number of nitrogens with two attached hydrogens (primary N) is 1. The molecule has 0 unspecified atom stereocenters. The van der Waals surface area contributed by atoms with Gasteiger partial charge in [-0.05, 0) is 38.0 Å². The van der Waals surface area contributed by atoms with Gasteiger partial charge in [0.1, 0.15) is 11.6 Å². The van der Waals surface area contributed by atoms with Crippen molar-refractivity contribution in [2.75, 3.05) is 24.3 Å². The molecule has 1 saturated heterocycles. The number of H-pyrrole nitrogens is 1. The standard InChI is InChI=1S/C20H21F3N6O/c1-11-10-15(29-28-11)16-17(24)26-18(12-2-4-13(5-3-12)20(21,22)23)27-19(16)25-14-6-8-30-9-7-14/h2-5,10,14H,6-9H2,1H3,(H,28,29)(H3,24,25,26,27). The first-order valence-electron chi connectivity index (χ1n) is 9.53. The molecular weight excluding hydrogens is 397 g/mol. The zero-order valence-corrected chi connectivity index (χ0v) is 16.3. The van der Waals surface area contributed by atoms with Crippen molar-refractivity contribution in [1.82, 2.24) is 20.2 Å². The fraction of sp³-hybridized carbons (Fsp3) is 0.350. The second kappa shape index (κ2) is 7.94. The minimum Gasteiger partial charge on any atom is -0.383 e. The molecular formula is C20H21F3N6O. The number of halogens is 3. The van der Waals surface area contributed by atoms with Crippen LogP contribution >= 0.6 is 0 Å². The van der Waals surface area contributed by atoms with E-state index in [4.69, 9.17) is 10.5 Å². The van der Waals surface area contributed by atoms with Crippen LogP contribution in [0.3, 0.4) is 0 Å². The molecule has 1 aromatic carbocycles. The Balaban J connectivity index is 1.75. The first-order chi connectivity index (χ1) is 14.3. The van der Waals surface area contributed by atoms with Gasteiger partial charge in [-0.1, -0.05) is 12.1 Å². The molecule has 158 valence electrons. The fourth-order valence-corrected chi connectivity index (χ4v) is 3.35. The fourth-order valence-electron chi connectivity index (χ4n) is 3.35. The molecule has 3 aromatic rings. The van der Waals surface area contributed by atoms with E-state index in [1.54, 1.807) is 0 Å². The SMILES string of the molecule is Cc1cc(-c2c(N)nc(-c3ccc(C(F)(F)F)cc3)nc2NC2CCOCC2)n[nH]1. The third kappa shape index (κ3) is 4.23. The molecule has 30 heavy (non-hydrogen) atoms. The molecule has 4 rings (SSSR count). The van der Waals surface area contributed by atoms with Crippen LogP contribution in [0.15, 0.2) is 30.3 Å². The van der Waals surface area contributed by atoms with Crippen LogP contribution in [0.5, 0.6) is 0 Å². The highest BCUT2D eigenvalue weighted by Gasteiger charge is 2.30. The largest absolute Gasteiger partial charge is 0.416 e. The number of rotatable bonds is 4.